The summed E-state index contributed by atoms with van der Waals surface area (Å²) in [6, 6.07) is 74.5. The van der Waals surface area contributed by atoms with Gasteiger partial charge in [0.1, 0.15) is 11.2 Å². The molecule has 0 atom stereocenters. The van der Waals surface area contributed by atoms with Crippen molar-refractivity contribution < 1.29 is 4.42 Å². The molecule has 0 radical (unpaired) electrons. The zero-order valence-corrected chi connectivity index (χ0v) is 37.0. The average molecular weight is 847 g/mol. The summed E-state index contributed by atoms with van der Waals surface area (Å²) < 4.78 is 9.13. The quantitative estimate of drug-likeness (QED) is 0.144. The molecule has 0 unspecified atom stereocenters. The molecule has 1 aliphatic carbocycles. The fraction of sp³-hybridized carbons (Fsp3) is 0.0476. The second-order valence-electron chi connectivity index (χ2n) is 17.8. The summed E-state index contributed by atoms with van der Waals surface area (Å²) in [5, 5.41) is 3.23. The van der Waals surface area contributed by atoms with Gasteiger partial charge in [-0.3, -0.25) is 0 Å². The highest BCUT2D eigenvalue weighted by atomic mass is 16.3. The first kappa shape index (κ1) is 39.2. The predicted octanol–water partition coefficient (Wildman–Crippen LogP) is 17.6. The fourth-order valence-electron chi connectivity index (χ4n) is 10.6. The lowest BCUT2D eigenvalue weighted by Gasteiger charge is -2.30. The van der Waals surface area contributed by atoms with Gasteiger partial charge in [0.05, 0.1) is 22.3 Å². The third kappa shape index (κ3) is 6.12. The Morgan fingerprint density at radius 2 is 1.05 bits per heavy atom. The maximum absolute atomic E-state index is 6.86. The van der Waals surface area contributed by atoms with Crippen LogP contribution in [-0.2, 0) is 5.41 Å². The summed E-state index contributed by atoms with van der Waals surface area (Å²) in [5.41, 5.74) is 21.0. The first-order valence-corrected chi connectivity index (χ1v) is 22.6. The molecular formula is C63H46N2O. The van der Waals surface area contributed by atoms with Gasteiger partial charge in [0.15, 0.2) is 0 Å². The summed E-state index contributed by atoms with van der Waals surface area (Å²) in [5.74, 6) is 0. The van der Waals surface area contributed by atoms with Gasteiger partial charge >= 0.3 is 0 Å². The van der Waals surface area contributed by atoms with E-state index in [4.69, 9.17) is 4.42 Å². The van der Waals surface area contributed by atoms with Crippen LogP contribution in [-0.4, -0.2) is 4.57 Å². The van der Waals surface area contributed by atoms with Crippen LogP contribution >= 0.6 is 0 Å². The van der Waals surface area contributed by atoms with E-state index in [-0.39, 0.29) is 5.41 Å². The number of furan rings is 1. The molecule has 12 rings (SSSR count). The Bertz CT molecular complexity index is 3690. The first-order valence-electron chi connectivity index (χ1n) is 22.6. The normalized spacial score (nSPS) is 12.6. The summed E-state index contributed by atoms with van der Waals surface area (Å²) in [4.78, 5) is 2.46. The van der Waals surface area contributed by atoms with Crippen LogP contribution in [0.25, 0.3) is 95.2 Å². The van der Waals surface area contributed by atoms with Gasteiger partial charge in [-0.1, -0.05) is 167 Å². The average Bonchev–Trinajstić information content (AvgIpc) is 3.99. The molecule has 0 aliphatic heterocycles. The molecule has 0 fully saturated rings. The predicted molar refractivity (Wildman–Crippen MR) is 279 cm³/mol. The number of nitrogens with zero attached hydrogens (tertiary/aromatic N) is 2. The van der Waals surface area contributed by atoms with Crippen molar-refractivity contribution in [3.05, 3.63) is 242 Å². The third-order valence-corrected chi connectivity index (χ3v) is 13.8. The van der Waals surface area contributed by atoms with Crippen LogP contribution in [0.2, 0.25) is 0 Å². The number of rotatable bonds is 9. The van der Waals surface area contributed by atoms with Gasteiger partial charge in [0.2, 0.25) is 0 Å². The molecule has 0 amide bonds. The van der Waals surface area contributed by atoms with Crippen molar-refractivity contribution in [2.75, 3.05) is 4.90 Å². The van der Waals surface area contributed by atoms with Crippen LogP contribution in [0.15, 0.2) is 224 Å². The van der Waals surface area contributed by atoms with Crippen molar-refractivity contribution in [2.45, 2.75) is 19.3 Å². The number of hydrogen-bond acceptors (Lipinski definition) is 2. The molecule has 0 N–H and O–H groups in total. The standard InChI is InChI=1S/C63H46N2O/c1-5-49-53-38-44(28-35-58(53)65(57(49)6-2)46-22-14-9-15-23-46)45-29-36-59-54(39-45)61-60(66-59)37-34-50(43-20-12-8-13-21-43)62(61)64(47-30-26-42(27-31-47)41-18-10-7-11-19-41)48-32-33-52-51-24-16-17-25-55(51)63(3,4)56(52)40-48/h5-40H,1-2H2,3-4H3. The Labute approximate surface area is 385 Å². The molecule has 2 heterocycles. The Morgan fingerprint density at radius 3 is 1.77 bits per heavy atom. The molecule has 11 aromatic rings. The van der Waals surface area contributed by atoms with Gasteiger partial charge in [-0.25, -0.2) is 0 Å². The Morgan fingerprint density at radius 1 is 0.470 bits per heavy atom. The highest BCUT2D eigenvalue weighted by Crippen LogP contribution is 2.53. The Kier molecular flexibility index (Phi) is 9.15. The van der Waals surface area contributed by atoms with E-state index >= 15 is 0 Å². The van der Waals surface area contributed by atoms with Crippen LogP contribution in [0.4, 0.5) is 17.1 Å². The maximum atomic E-state index is 6.86. The summed E-state index contributed by atoms with van der Waals surface area (Å²) in [6.07, 6.45) is 3.88. The van der Waals surface area contributed by atoms with Crippen molar-refractivity contribution >= 4 is 62.1 Å². The zero-order valence-electron chi connectivity index (χ0n) is 37.0. The van der Waals surface area contributed by atoms with Gasteiger partial charge in [0, 0.05) is 44.4 Å². The van der Waals surface area contributed by atoms with E-state index in [0.717, 1.165) is 89.1 Å². The minimum atomic E-state index is -0.183. The number of hydrogen-bond donors (Lipinski definition) is 0. The van der Waals surface area contributed by atoms with Crippen molar-refractivity contribution in [2.24, 2.45) is 0 Å². The maximum Gasteiger partial charge on any atom is 0.137 e. The van der Waals surface area contributed by atoms with Gasteiger partial charge in [-0.2, -0.15) is 0 Å². The lowest BCUT2D eigenvalue weighted by molar-refractivity contribution is 0.660. The minimum absolute atomic E-state index is 0.183. The zero-order chi connectivity index (χ0) is 44.5. The highest BCUT2D eigenvalue weighted by molar-refractivity contribution is 6.18. The van der Waals surface area contributed by atoms with E-state index in [2.05, 4.69) is 237 Å². The van der Waals surface area contributed by atoms with Gasteiger partial charge in [-0.15, -0.1) is 0 Å². The van der Waals surface area contributed by atoms with Crippen molar-refractivity contribution in [3.63, 3.8) is 0 Å². The second-order valence-corrected chi connectivity index (χ2v) is 17.8. The van der Waals surface area contributed by atoms with Gasteiger partial charge in [-0.05, 0) is 129 Å². The summed E-state index contributed by atoms with van der Waals surface area (Å²) in [6.45, 7) is 13.2. The molecule has 1 aliphatic rings. The van der Waals surface area contributed by atoms with Crippen LogP contribution < -0.4 is 4.90 Å². The SMILES string of the molecule is C=Cc1c(C=C)n(-c2ccccc2)c2ccc(-c3ccc4oc5ccc(-c6ccccc6)c(N(c6ccc(-c7ccccc7)cc6)c6ccc7c(c6)C(C)(C)c6ccccc6-7)c5c4c3)cc12. The smallest absolute Gasteiger partial charge is 0.137 e. The lowest BCUT2D eigenvalue weighted by Crippen LogP contribution is -2.17. The number of anilines is 3. The lowest BCUT2D eigenvalue weighted by atomic mass is 9.82. The topological polar surface area (TPSA) is 21.3 Å². The molecule has 314 valence electrons. The molecule has 0 saturated heterocycles. The molecule has 3 heteroatoms. The third-order valence-electron chi connectivity index (χ3n) is 13.8. The van der Waals surface area contributed by atoms with E-state index in [9.17, 15) is 0 Å². The number of benzene rings is 9. The highest BCUT2D eigenvalue weighted by Gasteiger charge is 2.36. The number of aromatic nitrogens is 1. The second kappa shape index (κ2) is 15.4. The Balaban J connectivity index is 1.11. The van der Waals surface area contributed by atoms with Gasteiger partial charge in [0.25, 0.3) is 0 Å². The molecule has 2 aromatic heterocycles. The van der Waals surface area contributed by atoms with E-state index in [1.807, 2.05) is 18.2 Å². The molecular weight excluding hydrogens is 801 g/mol. The van der Waals surface area contributed by atoms with Crippen molar-refractivity contribution in [1.82, 2.24) is 4.57 Å². The van der Waals surface area contributed by atoms with E-state index in [1.54, 1.807) is 0 Å². The Hall–Kier alpha value is -8.40. The van der Waals surface area contributed by atoms with Crippen LogP contribution in [0.1, 0.15) is 36.2 Å². The molecule has 0 spiro atoms. The van der Waals surface area contributed by atoms with Gasteiger partial charge < -0.3 is 13.9 Å². The molecule has 0 saturated carbocycles. The molecule has 66 heavy (non-hydrogen) atoms. The van der Waals surface area contributed by atoms with Crippen molar-refractivity contribution in [1.29, 1.82) is 0 Å². The number of fused-ring (bicyclic) bond motifs is 7. The molecule has 3 nitrogen and oxygen atoms in total. The largest absolute Gasteiger partial charge is 0.456 e. The van der Waals surface area contributed by atoms with E-state index in [0.29, 0.717) is 0 Å². The van der Waals surface area contributed by atoms with Crippen LogP contribution in [0.5, 0.6) is 0 Å². The van der Waals surface area contributed by atoms with Crippen LogP contribution in [0, 0.1) is 0 Å². The van der Waals surface area contributed by atoms with Crippen molar-refractivity contribution in [3.8, 4) is 50.2 Å². The summed E-state index contributed by atoms with van der Waals surface area (Å²) in [7, 11) is 0. The molecule has 9 aromatic carbocycles. The fourth-order valence-corrected chi connectivity index (χ4v) is 10.6. The number of para-hydroxylation sites is 1. The van der Waals surface area contributed by atoms with E-state index in [1.165, 1.54) is 33.4 Å². The minimum Gasteiger partial charge on any atom is -0.456 e. The summed E-state index contributed by atoms with van der Waals surface area (Å²) >= 11 is 0. The monoisotopic (exact) mass is 846 g/mol. The van der Waals surface area contributed by atoms with Crippen LogP contribution in [0.3, 0.4) is 0 Å². The first-order chi connectivity index (χ1) is 32.4. The van der Waals surface area contributed by atoms with E-state index < -0.39 is 0 Å². The molecule has 0 bridgehead atoms.